The van der Waals surface area contributed by atoms with Gasteiger partial charge in [0.1, 0.15) is 29.8 Å². The Balaban J connectivity index is 1.59. The van der Waals surface area contributed by atoms with E-state index in [-0.39, 0.29) is 47.9 Å². The minimum Gasteiger partial charge on any atom is -0.383 e. The number of amides is 1. The number of nitrogens with zero attached hydrogens (tertiary/aromatic N) is 4. The van der Waals surface area contributed by atoms with Crippen molar-refractivity contribution in [1.82, 2.24) is 20.0 Å². The molecule has 2 aromatic rings. The fraction of sp³-hybridized carbons (Fsp3) is 0.500. The van der Waals surface area contributed by atoms with Crippen LogP contribution in [0.5, 0.6) is 0 Å². The Kier molecular flexibility index (Phi) is 9.92. The van der Waals surface area contributed by atoms with E-state index in [1.807, 2.05) is 6.26 Å². The van der Waals surface area contributed by atoms with E-state index in [1.54, 1.807) is 16.7 Å². The number of thioether (sulfide) groups is 1. The highest BCUT2D eigenvalue weighted by Gasteiger charge is 2.26. The molecule has 1 amide bonds. The lowest BCUT2D eigenvalue weighted by molar-refractivity contribution is -0.128. The summed E-state index contributed by atoms with van der Waals surface area (Å²) in [5, 5.41) is 7.38. The third-order valence-electron chi connectivity index (χ3n) is 6.56. The molecule has 3 heterocycles. The third kappa shape index (κ3) is 7.34. The molecule has 4 rings (SSSR count). The van der Waals surface area contributed by atoms with Gasteiger partial charge in [0, 0.05) is 55.3 Å². The van der Waals surface area contributed by atoms with Gasteiger partial charge >= 0.3 is 0 Å². The van der Waals surface area contributed by atoms with E-state index in [0.29, 0.717) is 38.4 Å². The van der Waals surface area contributed by atoms with Crippen molar-refractivity contribution in [3.63, 3.8) is 0 Å². The van der Waals surface area contributed by atoms with Gasteiger partial charge in [0.25, 0.3) is 6.43 Å². The number of hydrogen-bond acceptors (Lipinski definition) is 7. The van der Waals surface area contributed by atoms with Crippen molar-refractivity contribution in [2.24, 2.45) is 10.7 Å². The Morgan fingerprint density at radius 1 is 1.41 bits per heavy atom. The monoisotopic (exact) mass is 566 g/mol. The number of carbonyl (C=O) groups excluding carboxylic acids is 1. The molecule has 1 fully saturated rings. The molecule has 1 atom stereocenters. The van der Waals surface area contributed by atoms with Gasteiger partial charge in [-0.1, -0.05) is 6.07 Å². The van der Waals surface area contributed by atoms with Gasteiger partial charge in [-0.2, -0.15) is 16.9 Å². The predicted molar refractivity (Wildman–Crippen MR) is 144 cm³/mol. The Hall–Kier alpha value is -3.03. The largest absolute Gasteiger partial charge is 0.383 e. The Bertz CT molecular complexity index is 1230. The molecule has 0 radical (unpaired) electrons. The summed E-state index contributed by atoms with van der Waals surface area (Å²) in [4.78, 5) is 18.0. The molecule has 0 saturated carbocycles. The lowest BCUT2D eigenvalue weighted by Crippen LogP contribution is -2.43. The summed E-state index contributed by atoms with van der Waals surface area (Å²) in [5.74, 6) is 0.0300. The zero-order valence-electron chi connectivity index (χ0n) is 22.0. The first-order chi connectivity index (χ1) is 18.8. The number of aromatic nitrogens is 2. The van der Waals surface area contributed by atoms with Crippen LogP contribution in [-0.4, -0.2) is 77.4 Å². The minimum atomic E-state index is -2.84. The molecule has 1 unspecified atom stereocenters. The second kappa shape index (κ2) is 13.4. The van der Waals surface area contributed by atoms with Gasteiger partial charge < -0.3 is 25.4 Å². The molecule has 212 valence electrons. The van der Waals surface area contributed by atoms with Crippen LogP contribution in [0.1, 0.15) is 31.9 Å². The topological polar surface area (TPSA) is 107 Å². The van der Waals surface area contributed by atoms with Crippen LogP contribution >= 0.6 is 11.8 Å². The predicted octanol–water partition coefficient (Wildman–Crippen LogP) is 3.84. The van der Waals surface area contributed by atoms with Gasteiger partial charge in [-0.15, -0.1) is 0 Å². The van der Waals surface area contributed by atoms with Crippen LogP contribution in [0.3, 0.4) is 0 Å². The van der Waals surface area contributed by atoms with Crippen LogP contribution in [0, 0.1) is 5.82 Å². The van der Waals surface area contributed by atoms with Crippen LogP contribution in [0.25, 0.3) is 11.1 Å². The third-order valence-corrected chi connectivity index (χ3v) is 7.13. The Labute approximate surface area is 229 Å². The number of ether oxygens (including phenoxy) is 2. The minimum absolute atomic E-state index is 0.0113. The highest BCUT2D eigenvalue weighted by molar-refractivity contribution is 7.98. The summed E-state index contributed by atoms with van der Waals surface area (Å²) in [6, 6.07) is 4.16. The normalized spacial score (nSPS) is 18.4. The van der Waals surface area contributed by atoms with Gasteiger partial charge in [-0.3, -0.25) is 4.79 Å². The summed E-state index contributed by atoms with van der Waals surface area (Å²) in [5.41, 5.74) is 7.67. The standard InChI is InChI=1S/C26H33F3N6O3S/c1-16(36)34-7-5-22(31-18-6-8-37-14-18)20(12-34)26(30)32-23-4-3-17(11-21(23)27)19-13-35(15-38-9-10-39-2)33-24(19)25(28)29/h3-4,11,13,18,25,31H,5-10,12,14-15H2,1-2H3,(H2,30,32). The summed E-state index contributed by atoms with van der Waals surface area (Å²) < 4.78 is 54.8. The summed E-state index contributed by atoms with van der Waals surface area (Å²) in [6.45, 7) is 3.97. The molecule has 1 saturated heterocycles. The van der Waals surface area contributed by atoms with E-state index < -0.39 is 17.9 Å². The van der Waals surface area contributed by atoms with Crippen molar-refractivity contribution in [2.75, 3.05) is 44.9 Å². The van der Waals surface area contributed by atoms with Crippen molar-refractivity contribution in [2.45, 2.75) is 39.0 Å². The molecule has 0 bridgehead atoms. The average Bonchev–Trinajstić information content (AvgIpc) is 3.58. The Morgan fingerprint density at radius 3 is 2.90 bits per heavy atom. The number of aliphatic imine (C=N–C) groups is 1. The van der Waals surface area contributed by atoms with Gasteiger partial charge in [0.15, 0.2) is 0 Å². The molecule has 3 N–H and O–H groups in total. The fourth-order valence-corrected chi connectivity index (χ4v) is 4.75. The van der Waals surface area contributed by atoms with Crippen molar-refractivity contribution in [1.29, 1.82) is 0 Å². The van der Waals surface area contributed by atoms with Crippen molar-refractivity contribution in [3.8, 4) is 11.1 Å². The molecule has 13 heteroatoms. The van der Waals surface area contributed by atoms with Crippen LogP contribution in [0.2, 0.25) is 0 Å². The maximum atomic E-state index is 15.2. The van der Waals surface area contributed by atoms with E-state index in [0.717, 1.165) is 23.9 Å². The van der Waals surface area contributed by atoms with E-state index in [4.69, 9.17) is 15.2 Å². The van der Waals surface area contributed by atoms with Crippen molar-refractivity contribution >= 4 is 29.2 Å². The van der Waals surface area contributed by atoms with E-state index in [1.165, 1.54) is 29.9 Å². The maximum absolute atomic E-state index is 15.2. The van der Waals surface area contributed by atoms with Crippen molar-refractivity contribution in [3.05, 3.63) is 47.2 Å². The number of carbonyl (C=O) groups is 1. The van der Waals surface area contributed by atoms with Crippen LogP contribution < -0.4 is 11.1 Å². The molecule has 0 aliphatic carbocycles. The molecule has 39 heavy (non-hydrogen) atoms. The maximum Gasteiger partial charge on any atom is 0.282 e. The first-order valence-electron chi connectivity index (χ1n) is 12.6. The number of benzene rings is 1. The van der Waals surface area contributed by atoms with E-state index >= 15 is 4.39 Å². The first-order valence-corrected chi connectivity index (χ1v) is 14.0. The zero-order valence-corrected chi connectivity index (χ0v) is 22.8. The molecule has 2 aliphatic rings. The number of alkyl halides is 2. The molecule has 1 aromatic carbocycles. The lowest BCUT2D eigenvalue weighted by atomic mass is 10.0. The van der Waals surface area contributed by atoms with Crippen molar-refractivity contribution < 1.29 is 27.4 Å². The second-order valence-electron chi connectivity index (χ2n) is 9.31. The lowest BCUT2D eigenvalue weighted by Gasteiger charge is -2.31. The fourth-order valence-electron chi connectivity index (χ4n) is 4.47. The molecular weight excluding hydrogens is 533 g/mol. The number of nitrogens with two attached hydrogens (primary N) is 1. The zero-order chi connectivity index (χ0) is 27.9. The van der Waals surface area contributed by atoms with E-state index in [2.05, 4.69) is 15.4 Å². The SMILES string of the molecule is CSCCOCn1cc(-c2ccc(N=C(N)C3=C(NC4CCOC4)CCN(C(C)=O)C3)c(F)c2)c(C(F)F)n1. The smallest absolute Gasteiger partial charge is 0.282 e. The van der Waals surface area contributed by atoms with Crippen LogP contribution in [0.15, 0.2) is 40.7 Å². The number of hydrogen-bond donors (Lipinski definition) is 2. The average molecular weight is 567 g/mol. The number of amidine groups is 1. The molecule has 9 nitrogen and oxygen atoms in total. The highest BCUT2D eigenvalue weighted by Crippen LogP contribution is 2.33. The number of nitrogens with one attached hydrogen (secondary N) is 1. The van der Waals surface area contributed by atoms with E-state index in [9.17, 15) is 13.6 Å². The summed E-state index contributed by atoms with van der Waals surface area (Å²) in [6.07, 6.45) is 1.92. The first kappa shape index (κ1) is 29.0. The number of rotatable bonds is 11. The molecule has 2 aliphatic heterocycles. The molecule has 0 spiro atoms. The van der Waals surface area contributed by atoms with Gasteiger partial charge in [-0.05, 0) is 30.4 Å². The van der Waals surface area contributed by atoms with Gasteiger partial charge in [0.05, 0.1) is 25.8 Å². The van der Waals surface area contributed by atoms with Gasteiger partial charge in [-0.25, -0.2) is 22.8 Å². The molecular formula is C26H33F3N6O3S. The summed E-state index contributed by atoms with van der Waals surface area (Å²) in [7, 11) is 0. The molecule has 1 aromatic heterocycles. The second-order valence-corrected chi connectivity index (χ2v) is 10.3. The number of halogens is 3. The highest BCUT2D eigenvalue weighted by atomic mass is 32.2. The Morgan fingerprint density at radius 2 is 2.23 bits per heavy atom. The summed E-state index contributed by atoms with van der Waals surface area (Å²) >= 11 is 1.61. The van der Waals surface area contributed by atoms with Crippen LogP contribution in [-0.2, 0) is 21.0 Å². The van der Waals surface area contributed by atoms with Crippen LogP contribution in [0.4, 0.5) is 18.9 Å². The quantitative estimate of drug-likeness (QED) is 0.242. The van der Waals surface area contributed by atoms with Gasteiger partial charge in [0.2, 0.25) is 5.91 Å².